The maximum absolute atomic E-state index is 13.1. The Balaban J connectivity index is 1.75. The fourth-order valence-electron chi connectivity index (χ4n) is 3.10. The molecule has 1 N–H and O–H groups in total. The fraction of sp³-hybridized carbons (Fsp3) is 0.467. The summed E-state index contributed by atoms with van der Waals surface area (Å²) in [6.07, 6.45) is 4.17. The lowest BCUT2D eigenvalue weighted by molar-refractivity contribution is -0.141. The number of rotatable bonds is 3. The van der Waals surface area contributed by atoms with Gasteiger partial charge in [0, 0.05) is 15.3 Å². The average molecular weight is 402 g/mol. The molecule has 1 heterocycles. The molecule has 1 saturated carbocycles. The molecule has 0 aromatic heterocycles. The number of anilines is 1. The number of hydrogen-bond acceptors (Lipinski definition) is 3. The Morgan fingerprint density at radius 1 is 1.24 bits per heavy atom. The van der Waals surface area contributed by atoms with Crippen LogP contribution in [0.3, 0.4) is 0 Å². The number of benzene rings is 1. The number of halogens is 2. The van der Waals surface area contributed by atoms with Crippen molar-refractivity contribution in [2.24, 2.45) is 0 Å². The molecule has 6 heteroatoms. The number of carbonyl (C=O) groups excluding carboxylic acids is 2. The summed E-state index contributed by atoms with van der Waals surface area (Å²) in [5.41, 5.74) is 0.691. The molecule has 112 valence electrons. The van der Waals surface area contributed by atoms with E-state index in [1.54, 1.807) is 6.07 Å². The van der Waals surface area contributed by atoms with Gasteiger partial charge in [-0.05, 0) is 53.6 Å². The summed E-state index contributed by atoms with van der Waals surface area (Å²) in [6, 6.07) is 3.90. The first-order chi connectivity index (χ1) is 10.1. The molecular weight excluding hydrogens is 386 g/mol. The van der Waals surface area contributed by atoms with Crippen molar-refractivity contribution in [3.05, 3.63) is 27.6 Å². The van der Waals surface area contributed by atoms with Gasteiger partial charge in [-0.2, -0.15) is 0 Å². The molecule has 1 unspecified atom stereocenters. The van der Waals surface area contributed by atoms with E-state index in [0.717, 1.165) is 25.7 Å². The van der Waals surface area contributed by atoms with Crippen LogP contribution in [0, 0.1) is 9.39 Å². The van der Waals surface area contributed by atoms with Crippen molar-refractivity contribution in [3.8, 4) is 0 Å². The summed E-state index contributed by atoms with van der Waals surface area (Å²) in [4.78, 5) is 26.0. The SMILES string of the molecule is O=C1CC(Nc2ccc(F)cc2I)C(=O)N1C1CCCC1. The second kappa shape index (κ2) is 5.90. The highest BCUT2D eigenvalue weighted by atomic mass is 127. The van der Waals surface area contributed by atoms with E-state index in [9.17, 15) is 14.0 Å². The van der Waals surface area contributed by atoms with Crippen molar-refractivity contribution in [2.45, 2.75) is 44.2 Å². The molecule has 1 atom stereocenters. The third-order valence-corrected chi connectivity index (χ3v) is 5.03. The second-order valence-corrected chi connectivity index (χ2v) is 6.73. The number of amides is 2. The first-order valence-corrected chi connectivity index (χ1v) is 8.21. The molecule has 3 rings (SSSR count). The summed E-state index contributed by atoms with van der Waals surface area (Å²) in [5, 5.41) is 3.08. The van der Waals surface area contributed by atoms with Gasteiger partial charge in [0.2, 0.25) is 5.91 Å². The molecule has 1 aromatic rings. The Bertz CT molecular complexity index is 587. The van der Waals surface area contributed by atoms with Crippen molar-refractivity contribution in [1.82, 2.24) is 4.90 Å². The van der Waals surface area contributed by atoms with Crippen molar-refractivity contribution in [1.29, 1.82) is 0 Å². The molecule has 1 saturated heterocycles. The standard InChI is InChI=1S/C15H16FIN2O2/c16-9-5-6-12(11(17)7-9)18-13-8-14(20)19(15(13)21)10-3-1-2-4-10/h5-7,10,13,18H,1-4,8H2. The number of nitrogens with one attached hydrogen (secondary N) is 1. The number of carbonyl (C=O) groups is 2. The van der Waals surface area contributed by atoms with E-state index in [-0.39, 0.29) is 30.1 Å². The molecule has 0 bridgehead atoms. The minimum Gasteiger partial charge on any atom is -0.372 e. The monoisotopic (exact) mass is 402 g/mol. The molecule has 21 heavy (non-hydrogen) atoms. The van der Waals surface area contributed by atoms with Gasteiger partial charge in [-0.3, -0.25) is 14.5 Å². The lowest BCUT2D eigenvalue weighted by atomic mass is 10.2. The molecule has 2 aliphatic rings. The van der Waals surface area contributed by atoms with E-state index in [4.69, 9.17) is 0 Å². The Morgan fingerprint density at radius 2 is 1.95 bits per heavy atom. The van der Waals surface area contributed by atoms with Gasteiger partial charge >= 0.3 is 0 Å². The Hall–Kier alpha value is -1.18. The summed E-state index contributed by atoms with van der Waals surface area (Å²) >= 11 is 2.02. The predicted molar refractivity (Wildman–Crippen MR) is 85.3 cm³/mol. The smallest absolute Gasteiger partial charge is 0.252 e. The molecule has 1 aliphatic heterocycles. The Kier molecular flexibility index (Phi) is 4.14. The third-order valence-electron chi connectivity index (χ3n) is 4.13. The van der Waals surface area contributed by atoms with Crippen LogP contribution >= 0.6 is 22.6 Å². The van der Waals surface area contributed by atoms with E-state index < -0.39 is 6.04 Å². The van der Waals surface area contributed by atoms with E-state index >= 15 is 0 Å². The van der Waals surface area contributed by atoms with Gasteiger partial charge in [0.25, 0.3) is 5.91 Å². The first-order valence-electron chi connectivity index (χ1n) is 7.14. The molecule has 0 radical (unpaired) electrons. The van der Waals surface area contributed by atoms with Gasteiger partial charge in [0.05, 0.1) is 6.42 Å². The van der Waals surface area contributed by atoms with E-state index in [1.165, 1.54) is 17.0 Å². The Labute approximate surface area is 136 Å². The molecule has 0 spiro atoms. The summed E-state index contributed by atoms with van der Waals surface area (Å²) < 4.78 is 13.8. The molecular formula is C15H16FIN2O2. The van der Waals surface area contributed by atoms with Gasteiger partial charge in [-0.25, -0.2) is 4.39 Å². The van der Waals surface area contributed by atoms with Crippen LogP contribution in [-0.4, -0.2) is 28.8 Å². The Morgan fingerprint density at radius 3 is 2.62 bits per heavy atom. The number of nitrogens with zero attached hydrogens (tertiary/aromatic N) is 1. The molecule has 1 aromatic carbocycles. The van der Waals surface area contributed by atoms with Crippen LogP contribution in [0.1, 0.15) is 32.1 Å². The quantitative estimate of drug-likeness (QED) is 0.625. The van der Waals surface area contributed by atoms with Crippen molar-refractivity contribution in [3.63, 3.8) is 0 Å². The summed E-state index contributed by atoms with van der Waals surface area (Å²) in [6.45, 7) is 0. The number of hydrogen-bond donors (Lipinski definition) is 1. The normalized spacial score (nSPS) is 23.1. The summed E-state index contributed by atoms with van der Waals surface area (Å²) in [5.74, 6) is -0.556. The van der Waals surface area contributed by atoms with Crippen molar-refractivity contribution in [2.75, 3.05) is 5.32 Å². The van der Waals surface area contributed by atoms with Gasteiger partial charge < -0.3 is 5.32 Å². The maximum atomic E-state index is 13.1. The zero-order chi connectivity index (χ0) is 15.0. The summed E-state index contributed by atoms with van der Waals surface area (Å²) in [7, 11) is 0. The van der Waals surface area contributed by atoms with Crippen molar-refractivity contribution < 1.29 is 14.0 Å². The molecule has 4 nitrogen and oxygen atoms in total. The average Bonchev–Trinajstić information content (AvgIpc) is 3.02. The van der Waals surface area contributed by atoms with Crippen LogP contribution in [-0.2, 0) is 9.59 Å². The minimum absolute atomic E-state index is 0.0732. The number of likely N-dealkylation sites (tertiary alicyclic amines) is 1. The highest BCUT2D eigenvalue weighted by Gasteiger charge is 2.43. The molecule has 1 aliphatic carbocycles. The second-order valence-electron chi connectivity index (χ2n) is 5.57. The highest BCUT2D eigenvalue weighted by Crippen LogP contribution is 2.30. The third kappa shape index (κ3) is 2.90. The fourth-order valence-corrected chi connectivity index (χ4v) is 3.74. The molecule has 2 fully saturated rings. The van der Waals surface area contributed by atoms with Gasteiger partial charge in [-0.1, -0.05) is 12.8 Å². The van der Waals surface area contributed by atoms with Crippen LogP contribution in [0.25, 0.3) is 0 Å². The van der Waals surface area contributed by atoms with Gasteiger partial charge in [0.15, 0.2) is 0 Å². The van der Waals surface area contributed by atoms with Crippen LogP contribution in [0.15, 0.2) is 18.2 Å². The van der Waals surface area contributed by atoms with Crippen LogP contribution in [0.2, 0.25) is 0 Å². The van der Waals surface area contributed by atoms with Crippen molar-refractivity contribution >= 4 is 40.1 Å². The zero-order valence-electron chi connectivity index (χ0n) is 11.4. The maximum Gasteiger partial charge on any atom is 0.252 e. The highest BCUT2D eigenvalue weighted by molar-refractivity contribution is 14.1. The van der Waals surface area contributed by atoms with Crippen LogP contribution in [0.4, 0.5) is 10.1 Å². The van der Waals surface area contributed by atoms with Crippen LogP contribution in [0.5, 0.6) is 0 Å². The lowest BCUT2D eigenvalue weighted by Crippen LogP contribution is -2.41. The van der Waals surface area contributed by atoms with E-state index in [1.807, 2.05) is 22.6 Å². The predicted octanol–water partition coefficient (Wildman–Crippen LogP) is 2.91. The number of imide groups is 1. The van der Waals surface area contributed by atoms with E-state index in [0.29, 0.717) is 9.26 Å². The zero-order valence-corrected chi connectivity index (χ0v) is 13.6. The minimum atomic E-state index is -0.530. The molecule has 2 amide bonds. The van der Waals surface area contributed by atoms with Gasteiger partial charge in [0.1, 0.15) is 11.9 Å². The lowest BCUT2D eigenvalue weighted by Gasteiger charge is -2.22. The first kappa shape index (κ1) is 14.7. The van der Waals surface area contributed by atoms with E-state index in [2.05, 4.69) is 5.32 Å². The topological polar surface area (TPSA) is 49.4 Å². The van der Waals surface area contributed by atoms with Crippen LogP contribution < -0.4 is 5.32 Å². The van der Waals surface area contributed by atoms with Gasteiger partial charge in [-0.15, -0.1) is 0 Å². The largest absolute Gasteiger partial charge is 0.372 e.